The van der Waals surface area contributed by atoms with Gasteiger partial charge in [0.25, 0.3) is 0 Å². The summed E-state index contributed by atoms with van der Waals surface area (Å²) in [6, 6.07) is 2.20. The number of hydrogen-bond acceptors (Lipinski definition) is 1. The third-order valence-corrected chi connectivity index (χ3v) is 4.84. The molecule has 13 heavy (non-hydrogen) atoms. The van der Waals surface area contributed by atoms with Gasteiger partial charge in [0.1, 0.15) is 0 Å². The van der Waals surface area contributed by atoms with Crippen molar-refractivity contribution in [3.8, 4) is 0 Å². The van der Waals surface area contributed by atoms with Gasteiger partial charge in [-0.15, -0.1) is 11.3 Å². The molecule has 0 radical (unpaired) electrons. The maximum absolute atomic E-state index is 3.62. The highest BCUT2D eigenvalue weighted by molar-refractivity contribution is 9.10. The van der Waals surface area contributed by atoms with Crippen molar-refractivity contribution in [2.75, 3.05) is 5.33 Å². The first-order valence-electron chi connectivity index (χ1n) is 4.30. The number of thiophene rings is 1. The molecule has 0 aliphatic heterocycles. The maximum atomic E-state index is 3.62. The second-order valence-corrected chi connectivity index (χ2v) is 6.76. The molecule has 0 unspecified atom stereocenters. The van der Waals surface area contributed by atoms with Crippen LogP contribution in [-0.2, 0) is 5.41 Å². The van der Waals surface area contributed by atoms with Gasteiger partial charge < -0.3 is 0 Å². The van der Waals surface area contributed by atoms with E-state index in [0.29, 0.717) is 0 Å². The summed E-state index contributed by atoms with van der Waals surface area (Å²) in [5.41, 5.74) is 0.279. The molecule has 0 aliphatic rings. The third-order valence-electron chi connectivity index (χ3n) is 2.14. The lowest BCUT2D eigenvalue weighted by atomic mass is 9.89. The van der Waals surface area contributed by atoms with Crippen LogP contribution in [0, 0.1) is 6.92 Å². The highest BCUT2D eigenvalue weighted by Gasteiger charge is 2.24. The van der Waals surface area contributed by atoms with E-state index in [9.17, 15) is 0 Å². The van der Waals surface area contributed by atoms with Crippen LogP contribution < -0.4 is 0 Å². The van der Waals surface area contributed by atoms with Gasteiger partial charge >= 0.3 is 0 Å². The van der Waals surface area contributed by atoms with Gasteiger partial charge in [-0.1, -0.05) is 29.8 Å². The molecule has 1 heterocycles. The van der Waals surface area contributed by atoms with Crippen molar-refractivity contribution in [1.82, 2.24) is 0 Å². The Morgan fingerprint density at radius 1 is 1.46 bits per heavy atom. The van der Waals surface area contributed by atoms with Crippen LogP contribution >= 0.6 is 43.2 Å². The molecule has 0 aromatic carbocycles. The van der Waals surface area contributed by atoms with Gasteiger partial charge in [-0.3, -0.25) is 0 Å². The summed E-state index contributed by atoms with van der Waals surface area (Å²) in [7, 11) is 0. The third kappa shape index (κ3) is 2.80. The van der Waals surface area contributed by atoms with E-state index in [1.165, 1.54) is 20.6 Å². The van der Waals surface area contributed by atoms with E-state index >= 15 is 0 Å². The van der Waals surface area contributed by atoms with Gasteiger partial charge in [0.15, 0.2) is 0 Å². The van der Waals surface area contributed by atoms with E-state index < -0.39 is 0 Å². The van der Waals surface area contributed by atoms with Crippen molar-refractivity contribution in [1.29, 1.82) is 0 Å². The topological polar surface area (TPSA) is 0 Å². The minimum atomic E-state index is 0.279. The van der Waals surface area contributed by atoms with Gasteiger partial charge in [-0.25, -0.2) is 0 Å². The number of aryl methyl sites for hydroxylation is 1. The molecule has 1 aromatic heterocycles. The molecule has 0 spiro atoms. The summed E-state index contributed by atoms with van der Waals surface area (Å²) in [6.07, 6.45) is 1.17. The zero-order chi connectivity index (χ0) is 10.1. The summed E-state index contributed by atoms with van der Waals surface area (Å²) in [6.45, 7) is 6.75. The summed E-state index contributed by atoms with van der Waals surface area (Å²) in [5, 5.41) is 1.06. The van der Waals surface area contributed by atoms with Gasteiger partial charge in [0, 0.05) is 25.0 Å². The Labute approximate surface area is 101 Å². The Hall–Kier alpha value is 0.660. The maximum Gasteiger partial charge on any atom is 0.0322 e. The van der Waals surface area contributed by atoms with Crippen molar-refractivity contribution in [2.45, 2.75) is 32.6 Å². The molecular weight excluding hydrogens is 312 g/mol. The average Bonchev–Trinajstić information content (AvgIpc) is 2.30. The lowest BCUT2D eigenvalue weighted by molar-refractivity contribution is 0.521. The van der Waals surface area contributed by atoms with Crippen molar-refractivity contribution in [3.63, 3.8) is 0 Å². The first kappa shape index (κ1) is 11.7. The Morgan fingerprint density at radius 2 is 2.08 bits per heavy atom. The fourth-order valence-corrected chi connectivity index (χ4v) is 4.59. The van der Waals surface area contributed by atoms with Crippen LogP contribution in [0.25, 0.3) is 0 Å². The smallest absolute Gasteiger partial charge is 0.0322 e. The van der Waals surface area contributed by atoms with Crippen molar-refractivity contribution in [3.05, 3.63) is 20.3 Å². The summed E-state index contributed by atoms with van der Waals surface area (Å²) in [4.78, 5) is 2.84. The predicted molar refractivity (Wildman–Crippen MR) is 68.2 cm³/mol. The Morgan fingerprint density at radius 3 is 2.46 bits per heavy atom. The summed E-state index contributed by atoms with van der Waals surface area (Å²) >= 11 is 9.01. The molecule has 1 aromatic rings. The zero-order valence-electron chi connectivity index (χ0n) is 8.16. The summed E-state index contributed by atoms with van der Waals surface area (Å²) in [5.74, 6) is 0. The average molecular weight is 326 g/mol. The SMILES string of the molecule is Cc1cc(Br)c(C(C)(C)CCBr)s1. The van der Waals surface area contributed by atoms with E-state index in [1.54, 1.807) is 0 Å². The molecule has 0 atom stereocenters. The molecule has 0 nitrogen and oxygen atoms in total. The standard InChI is InChI=1S/C10H14Br2S/c1-7-6-8(12)9(13-7)10(2,3)4-5-11/h6H,4-5H2,1-3H3. The quantitative estimate of drug-likeness (QED) is 0.695. The van der Waals surface area contributed by atoms with Crippen LogP contribution in [0.5, 0.6) is 0 Å². The Bertz CT molecular complexity index is 289. The van der Waals surface area contributed by atoms with Gasteiger partial charge in [0.05, 0.1) is 0 Å². The zero-order valence-corrected chi connectivity index (χ0v) is 12.1. The largest absolute Gasteiger partial charge is 0.144 e. The van der Waals surface area contributed by atoms with Crippen molar-refractivity contribution in [2.24, 2.45) is 0 Å². The second kappa shape index (κ2) is 4.45. The summed E-state index contributed by atoms with van der Waals surface area (Å²) < 4.78 is 1.26. The fraction of sp³-hybridized carbons (Fsp3) is 0.600. The first-order chi connectivity index (χ1) is 5.97. The lowest BCUT2D eigenvalue weighted by Crippen LogP contribution is -2.16. The molecule has 1 rings (SSSR count). The van der Waals surface area contributed by atoms with E-state index in [0.717, 1.165) is 5.33 Å². The number of hydrogen-bond donors (Lipinski definition) is 0. The van der Waals surface area contributed by atoms with E-state index in [1.807, 2.05) is 11.3 Å². The van der Waals surface area contributed by atoms with Crippen LogP contribution in [0.3, 0.4) is 0 Å². The van der Waals surface area contributed by atoms with E-state index in [4.69, 9.17) is 0 Å². The minimum Gasteiger partial charge on any atom is -0.144 e. The van der Waals surface area contributed by atoms with Gasteiger partial charge in [-0.05, 0) is 35.3 Å². The molecule has 0 N–H and O–H groups in total. The number of alkyl halides is 1. The second-order valence-electron chi connectivity index (χ2n) is 3.86. The molecule has 0 bridgehead atoms. The van der Waals surface area contributed by atoms with Crippen LogP contribution in [0.15, 0.2) is 10.5 Å². The molecular formula is C10H14Br2S. The van der Waals surface area contributed by atoms with E-state index in [-0.39, 0.29) is 5.41 Å². The van der Waals surface area contributed by atoms with Crippen molar-refractivity contribution < 1.29 is 0 Å². The van der Waals surface area contributed by atoms with Crippen LogP contribution in [0.4, 0.5) is 0 Å². The van der Waals surface area contributed by atoms with Crippen LogP contribution in [0.1, 0.15) is 30.0 Å². The highest BCUT2D eigenvalue weighted by atomic mass is 79.9. The monoisotopic (exact) mass is 324 g/mol. The molecule has 0 saturated carbocycles. The first-order valence-corrected chi connectivity index (χ1v) is 7.03. The lowest BCUT2D eigenvalue weighted by Gasteiger charge is -2.22. The van der Waals surface area contributed by atoms with Crippen LogP contribution in [-0.4, -0.2) is 5.33 Å². The van der Waals surface area contributed by atoms with E-state index in [2.05, 4.69) is 58.7 Å². The molecule has 0 fully saturated rings. The molecule has 3 heteroatoms. The molecule has 0 saturated heterocycles. The number of rotatable bonds is 3. The van der Waals surface area contributed by atoms with Crippen molar-refractivity contribution >= 4 is 43.2 Å². The Kier molecular flexibility index (Phi) is 4.02. The van der Waals surface area contributed by atoms with Gasteiger partial charge in [-0.2, -0.15) is 0 Å². The normalized spacial score (nSPS) is 12.1. The predicted octanol–water partition coefficient (Wildman–Crippen LogP) is 4.88. The Balaban J connectivity index is 2.98. The highest BCUT2D eigenvalue weighted by Crippen LogP contribution is 2.39. The van der Waals surface area contributed by atoms with Crippen LogP contribution in [0.2, 0.25) is 0 Å². The molecule has 0 amide bonds. The number of halogens is 2. The molecule has 74 valence electrons. The minimum absolute atomic E-state index is 0.279. The van der Waals surface area contributed by atoms with Gasteiger partial charge in [0.2, 0.25) is 0 Å². The fourth-order valence-electron chi connectivity index (χ4n) is 1.29. The molecule has 0 aliphatic carbocycles.